The van der Waals surface area contributed by atoms with Gasteiger partial charge >= 0.3 is 10.1 Å². The smallest absolute Gasteiger partial charge is 0.328 e. The molecular weight excluding hydrogens is 282 g/mol. The van der Waals surface area contributed by atoms with E-state index in [2.05, 4.69) is 6.92 Å². The third-order valence-electron chi connectivity index (χ3n) is 3.10. The summed E-state index contributed by atoms with van der Waals surface area (Å²) in [7, 11) is -4.38. The molecule has 0 bridgehead atoms. The summed E-state index contributed by atoms with van der Waals surface area (Å²) in [6, 6.07) is 1.11. The summed E-state index contributed by atoms with van der Waals surface area (Å²) in [4.78, 5) is 0. The first-order valence-corrected chi connectivity index (χ1v) is 7.98. The Hall–Kier alpha value is -1.34. The van der Waals surface area contributed by atoms with Gasteiger partial charge in [-0.05, 0) is 6.42 Å². The van der Waals surface area contributed by atoms with Crippen molar-refractivity contribution < 1.29 is 22.1 Å². The lowest BCUT2D eigenvalue weighted by atomic mass is 9.97. The zero-order valence-electron chi connectivity index (χ0n) is 12.0. The molecule has 7 heteroatoms. The van der Waals surface area contributed by atoms with Gasteiger partial charge < -0.3 is 9.62 Å². The molecule has 0 fully saturated rings. The van der Waals surface area contributed by atoms with Crippen LogP contribution in [0.4, 0.5) is 0 Å². The van der Waals surface area contributed by atoms with Gasteiger partial charge in [0.25, 0.3) is 0 Å². The van der Waals surface area contributed by atoms with Crippen LogP contribution in [0.25, 0.3) is 0 Å². The molecule has 0 spiro atoms. The number of hydroxylamine groups is 1. The summed E-state index contributed by atoms with van der Waals surface area (Å²) >= 11 is 0. The maximum Gasteiger partial charge on any atom is 0.328 e. The van der Waals surface area contributed by atoms with Crippen molar-refractivity contribution in [3.8, 4) is 0 Å². The minimum atomic E-state index is -4.38. The zero-order valence-corrected chi connectivity index (χ0v) is 12.8. The van der Waals surface area contributed by atoms with Crippen molar-refractivity contribution in [3.05, 3.63) is 23.1 Å². The lowest BCUT2D eigenvalue weighted by Crippen LogP contribution is -2.33. The Morgan fingerprint density at radius 2 is 2.10 bits per heavy atom. The lowest BCUT2D eigenvalue weighted by Gasteiger charge is -2.23. The van der Waals surface area contributed by atoms with Crippen LogP contribution in [-0.2, 0) is 10.1 Å². The number of nitrogens with zero attached hydrogens (tertiary/aromatic N) is 1. The van der Waals surface area contributed by atoms with E-state index in [0.29, 0.717) is 5.56 Å². The van der Waals surface area contributed by atoms with E-state index in [0.717, 1.165) is 42.8 Å². The second-order valence-electron chi connectivity index (χ2n) is 5.40. The highest BCUT2D eigenvalue weighted by Crippen LogP contribution is 2.19. The topological polar surface area (TPSA) is 93.6 Å². The molecule has 1 aromatic rings. The van der Waals surface area contributed by atoms with Crippen LogP contribution in [0.15, 0.2) is 21.8 Å². The van der Waals surface area contributed by atoms with Gasteiger partial charge in [0.15, 0.2) is 11.8 Å². The fourth-order valence-electron chi connectivity index (χ4n) is 1.76. The van der Waals surface area contributed by atoms with Gasteiger partial charge in [-0.25, -0.2) is 4.74 Å². The van der Waals surface area contributed by atoms with E-state index in [9.17, 15) is 13.6 Å². The van der Waals surface area contributed by atoms with Crippen molar-refractivity contribution >= 4 is 16.3 Å². The fraction of sp³-hybridized carbons (Fsp3) is 0.615. The quantitative estimate of drug-likeness (QED) is 0.209. The highest BCUT2D eigenvalue weighted by atomic mass is 32.2. The number of hydrogen-bond acceptors (Lipinski definition) is 4. The fourth-order valence-corrected chi connectivity index (χ4v) is 2.22. The molecule has 1 rings (SSSR count). The van der Waals surface area contributed by atoms with Crippen LogP contribution >= 0.6 is 0 Å². The van der Waals surface area contributed by atoms with Crippen molar-refractivity contribution in [2.75, 3.05) is 0 Å². The van der Waals surface area contributed by atoms with Crippen LogP contribution in [0, 0.1) is 5.21 Å². The number of rotatable bonds is 7. The SMILES string of the molecule is CCCCCC(C)(C)[N+]([O-])=Cc1coc(S(=O)(=O)O)c1. The molecule has 0 radical (unpaired) electrons. The summed E-state index contributed by atoms with van der Waals surface area (Å²) in [5.74, 6) is 0. The Bertz CT molecular complexity index is 571. The van der Waals surface area contributed by atoms with Crippen LogP contribution in [0.3, 0.4) is 0 Å². The summed E-state index contributed by atoms with van der Waals surface area (Å²) in [5, 5.41) is 11.5. The number of unbranched alkanes of at least 4 members (excludes halogenated alkanes) is 2. The molecule has 0 atom stereocenters. The van der Waals surface area contributed by atoms with Gasteiger partial charge in [-0.3, -0.25) is 4.55 Å². The van der Waals surface area contributed by atoms with Crippen molar-refractivity contribution in [2.24, 2.45) is 0 Å². The van der Waals surface area contributed by atoms with E-state index in [1.807, 2.05) is 13.8 Å². The molecule has 20 heavy (non-hydrogen) atoms. The van der Waals surface area contributed by atoms with Gasteiger partial charge in [-0.15, -0.1) is 0 Å². The second kappa shape index (κ2) is 6.41. The maximum absolute atomic E-state index is 12.1. The Kier molecular flexibility index (Phi) is 5.35. The third-order valence-corrected chi connectivity index (χ3v) is 3.83. The molecule has 0 unspecified atom stereocenters. The average molecular weight is 303 g/mol. The maximum atomic E-state index is 12.1. The predicted molar refractivity (Wildman–Crippen MR) is 75.5 cm³/mol. The molecule has 0 aromatic carbocycles. The van der Waals surface area contributed by atoms with Gasteiger partial charge in [0.1, 0.15) is 6.26 Å². The summed E-state index contributed by atoms with van der Waals surface area (Å²) in [6.07, 6.45) is 6.23. The van der Waals surface area contributed by atoms with Crippen molar-refractivity contribution in [2.45, 2.75) is 57.1 Å². The Labute approximate surface area is 119 Å². The Balaban J connectivity index is 2.85. The van der Waals surface area contributed by atoms with E-state index in [1.165, 1.54) is 6.21 Å². The van der Waals surface area contributed by atoms with Gasteiger partial charge in [0.2, 0.25) is 5.09 Å². The molecule has 6 nitrogen and oxygen atoms in total. The normalized spacial score (nSPS) is 13.7. The highest BCUT2D eigenvalue weighted by Gasteiger charge is 2.26. The minimum absolute atomic E-state index is 0.302. The van der Waals surface area contributed by atoms with Gasteiger partial charge in [-0.2, -0.15) is 8.42 Å². The second-order valence-corrected chi connectivity index (χ2v) is 6.75. The van der Waals surface area contributed by atoms with Crippen LogP contribution in [0.1, 0.15) is 52.0 Å². The van der Waals surface area contributed by atoms with Crippen molar-refractivity contribution in [1.29, 1.82) is 0 Å². The first-order chi connectivity index (χ1) is 9.16. The summed E-state index contributed by atoms with van der Waals surface area (Å²) in [5.41, 5.74) is -0.277. The average Bonchev–Trinajstić information content (AvgIpc) is 2.77. The Morgan fingerprint density at radius 1 is 1.45 bits per heavy atom. The first-order valence-electron chi connectivity index (χ1n) is 6.54. The molecule has 1 N–H and O–H groups in total. The molecule has 0 aliphatic rings. The van der Waals surface area contributed by atoms with Gasteiger partial charge in [0, 0.05) is 26.3 Å². The molecule has 0 saturated heterocycles. The van der Waals surface area contributed by atoms with E-state index >= 15 is 0 Å². The Morgan fingerprint density at radius 3 is 2.60 bits per heavy atom. The van der Waals surface area contributed by atoms with E-state index in [-0.39, 0.29) is 0 Å². The molecular formula is C13H21NO5S. The van der Waals surface area contributed by atoms with Gasteiger partial charge in [0.05, 0.1) is 5.56 Å². The monoisotopic (exact) mass is 303 g/mol. The standard InChI is InChI=1S/C13H21NO5S/c1-4-5-6-7-13(2,3)14(15)9-11-8-12(19-10-11)20(16,17)18/h8-10H,4-7H2,1-3H3,(H,16,17,18). The largest absolute Gasteiger partial charge is 0.623 e. The molecule has 114 valence electrons. The van der Waals surface area contributed by atoms with Crippen LogP contribution in [0.5, 0.6) is 0 Å². The summed E-state index contributed by atoms with van der Waals surface area (Å²) in [6.45, 7) is 5.75. The zero-order chi connectivity index (χ0) is 15.4. The van der Waals surface area contributed by atoms with E-state index in [1.54, 1.807) is 0 Å². The molecule has 0 aliphatic heterocycles. The van der Waals surface area contributed by atoms with E-state index in [4.69, 9.17) is 8.97 Å². The summed E-state index contributed by atoms with van der Waals surface area (Å²) < 4.78 is 36.0. The third kappa shape index (κ3) is 4.64. The molecule has 0 saturated carbocycles. The molecule has 0 amide bonds. The molecule has 1 heterocycles. The van der Waals surface area contributed by atoms with Gasteiger partial charge in [-0.1, -0.05) is 19.8 Å². The predicted octanol–water partition coefficient (Wildman–Crippen LogP) is 2.81. The highest BCUT2D eigenvalue weighted by molar-refractivity contribution is 7.85. The van der Waals surface area contributed by atoms with E-state index < -0.39 is 20.7 Å². The number of furan rings is 1. The lowest BCUT2D eigenvalue weighted by molar-refractivity contribution is -0.537. The first kappa shape index (κ1) is 16.7. The van der Waals surface area contributed by atoms with Crippen LogP contribution in [0.2, 0.25) is 0 Å². The van der Waals surface area contributed by atoms with Crippen LogP contribution in [-0.4, -0.2) is 29.5 Å². The molecule has 0 aliphatic carbocycles. The van der Waals surface area contributed by atoms with Crippen molar-refractivity contribution in [1.82, 2.24) is 0 Å². The number of hydrogen-bond donors (Lipinski definition) is 1. The van der Waals surface area contributed by atoms with Crippen LogP contribution < -0.4 is 0 Å². The molecule has 1 aromatic heterocycles. The van der Waals surface area contributed by atoms with Crippen molar-refractivity contribution in [3.63, 3.8) is 0 Å². The minimum Gasteiger partial charge on any atom is -0.623 e.